The average molecular weight is 268 g/mol. The monoisotopic (exact) mass is 268 g/mol. The first-order valence-corrected chi connectivity index (χ1v) is 8.41. The zero-order chi connectivity index (χ0) is 13.2. The van der Waals surface area contributed by atoms with E-state index < -0.39 is 0 Å². The van der Waals surface area contributed by atoms with Gasteiger partial charge in [-0.25, -0.2) is 0 Å². The fraction of sp³-hybridized carbons (Fsp3) is 0.333. The molecule has 1 aliphatic carbocycles. The van der Waals surface area contributed by atoms with Gasteiger partial charge in [-0.2, -0.15) is 0 Å². The summed E-state index contributed by atoms with van der Waals surface area (Å²) in [6, 6.07) is 17.9. The highest BCUT2D eigenvalue weighted by atomic mass is 31.1. The van der Waals surface area contributed by atoms with Gasteiger partial charge >= 0.3 is 0 Å². The third kappa shape index (κ3) is 2.35. The van der Waals surface area contributed by atoms with Crippen molar-refractivity contribution in [3.63, 3.8) is 0 Å². The van der Waals surface area contributed by atoms with E-state index in [-0.39, 0.29) is 0 Å². The van der Waals surface area contributed by atoms with Gasteiger partial charge in [0.25, 0.3) is 0 Å². The Morgan fingerprint density at radius 1 is 0.947 bits per heavy atom. The second-order valence-corrected chi connectivity index (χ2v) is 7.36. The lowest BCUT2D eigenvalue weighted by atomic mass is 10.1. The van der Waals surface area contributed by atoms with Gasteiger partial charge in [-0.1, -0.05) is 68.8 Å². The van der Waals surface area contributed by atoms with Crippen LogP contribution in [-0.4, -0.2) is 5.66 Å². The smallest absolute Gasteiger partial charge is 0.0277 e. The molecular weight excluding hydrogens is 247 g/mol. The van der Waals surface area contributed by atoms with E-state index in [4.69, 9.17) is 0 Å². The SMILES string of the molecule is CCCC(C)PC1c2ccccc2-c2ccccc21. The number of fused-ring (bicyclic) bond motifs is 3. The van der Waals surface area contributed by atoms with E-state index in [1.807, 2.05) is 0 Å². The minimum absolute atomic E-state index is 0.633. The van der Waals surface area contributed by atoms with Gasteiger partial charge in [0, 0.05) is 5.66 Å². The van der Waals surface area contributed by atoms with Crippen LogP contribution in [0.1, 0.15) is 43.5 Å². The minimum atomic E-state index is 0.633. The van der Waals surface area contributed by atoms with Gasteiger partial charge < -0.3 is 0 Å². The highest BCUT2D eigenvalue weighted by Gasteiger charge is 2.28. The molecule has 1 heteroatoms. The number of rotatable bonds is 4. The zero-order valence-corrected chi connectivity index (χ0v) is 12.7. The molecule has 0 aliphatic heterocycles. The van der Waals surface area contributed by atoms with Crippen LogP contribution in [-0.2, 0) is 0 Å². The molecule has 0 heterocycles. The van der Waals surface area contributed by atoms with Crippen molar-refractivity contribution in [1.29, 1.82) is 0 Å². The van der Waals surface area contributed by atoms with Crippen molar-refractivity contribution < 1.29 is 0 Å². The summed E-state index contributed by atoms with van der Waals surface area (Å²) < 4.78 is 0. The summed E-state index contributed by atoms with van der Waals surface area (Å²) in [6.07, 6.45) is 2.64. The molecule has 0 aromatic heterocycles. The van der Waals surface area contributed by atoms with E-state index in [2.05, 4.69) is 62.4 Å². The van der Waals surface area contributed by atoms with E-state index in [1.165, 1.54) is 24.0 Å². The van der Waals surface area contributed by atoms with Crippen molar-refractivity contribution in [2.45, 2.75) is 38.0 Å². The van der Waals surface area contributed by atoms with E-state index in [1.54, 1.807) is 11.1 Å². The van der Waals surface area contributed by atoms with E-state index in [0.29, 0.717) is 5.66 Å². The Labute approximate surface area is 118 Å². The highest BCUT2D eigenvalue weighted by molar-refractivity contribution is 7.39. The molecule has 0 saturated carbocycles. The zero-order valence-electron chi connectivity index (χ0n) is 11.7. The molecule has 0 bridgehead atoms. The second kappa shape index (κ2) is 5.47. The van der Waals surface area contributed by atoms with Crippen molar-refractivity contribution in [3.8, 4) is 11.1 Å². The second-order valence-electron chi connectivity index (χ2n) is 5.46. The van der Waals surface area contributed by atoms with Crippen molar-refractivity contribution in [2.24, 2.45) is 0 Å². The Hall–Kier alpha value is -1.13. The van der Waals surface area contributed by atoms with E-state index in [0.717, 1.165) is 14.2 Å². The van der Waals surface area contributed by atoms with Crippen LogP contribution < -0.4 is 0 Å². The van der Waals surface area contributed by atoms with Crippen LogP contribution in [0.2, 0.25) is 0 Å². The Bertz CT molecular complexity index is 528. The van der Waals surface area contributed by atoms with Crippen molar-refractivity contribution in [3.05, 3.63) is 59.7 Å². The molecule has 2 aromatic rings. The Morgan fingerprint density at radius 3 is 2.00 bits per heavy atom. The maximum absolute atomic E-state index is 2.41. The van der Waals surface area contributed by atoms with Crippen LogP contribution in [0.3, 0.4) is 0 Å². The van der Waals surface area contributed by atoms with Crippen molar-refractivity contribution in [2.75, 3.05) is 0 Å². The molecule has 0 amide bonds. The molecule has 0 N–H and O–H groups in total. The number of benzene rings is 2. The highest BCUT2D eigenvalue weighted by Crippen LogP contribution is 2.54. The quantitative estimate of drug-likeness (QED) is 0.631. The van der Waals surface area contributed by atoms with Crippen molar-refractivity contribution >= 4 is 8.58 Å². The van der Waals surface area contributed by atoms with Crippen molar-refractivity contribution in [1.82, 2.24) is 0 Å². The molecule has 0 saturated heterocycles. The largest absolute Gasteiger partial charge is 0.107 e. The Kier molecular flexibility index (Phi) is 3.71. The molecule has 0 radical (unpaired) electrons. The third-order valence-corrected chi connectivity index (χ3v) is 5.82. The van der Waals surface area contributed by atoms with Crippen LogP contribution in [0.4, 0.5) is 0 Å². The van der Waals surface area contributed by atoms with Crippen LogP contribution in [0.5, 0.6) is 0 Å². The number of hydrogen-bond acceptors (Lipinski definition) is 0. The molecule has 0 fully saturated rings. The first-order valence-electron chi connectivity index (χ1n) is 7.25. The standard InChI is InChI=1S/C18H21P/c1-3-8-13(2)19-18-16-11-6-4-9-14(16)15-10-5-7-12-17(15)18/h4-7,9-13,18-19H,3,8H2,1-2H3. The lowest BCUT2D eigenvalue weighted by Crippen LogP contribution is -1.98. The Balaban J connectivity index is 2.00. The number of hydrogen-bond donors (Lipinski definition) is 0. The molecule has 0 spiro atoms. The molecule has 2 unspecified atom stereocenters. The van der Waals surface area contributed by atoms with Gasteiger partial charge in [0.15, 0.2) is 0 Å². The third-order valence-electron chi connectivity index (χ3n) is 4.01. The summed E-state index contributed by atoms with van der Waals surface area (Å²) in [4.78, 5) is 0. The maximum atomic E-state index is 2.41. The van der Waals surface area contributed by atoms with Gasteiger partial charge in [0.05, 0.1) is 0 Å². The molecule has 2 aromatic carbocycles. The summed E-state index contributed by atoms with van der Waals surface area (Å²) in [6.45, 7) is 4.70. The molecule has 0 nitrogen and oxygen atoms in total. The van der Waals surface area contributed by atoms with Gasteiger partial charge in [-0.3, -0.25) is 0 Å². The fourth-order valence-corrected chi connectivity index (χ4v) is 5.02. The van der Waals surface area contributed by atoms with Gasteiger partial charge in [-0.05, 0) is 34.3 Å². The average Bonchev–Trinajstić information content (AvgIpc) is 2.75. The fourth-order valence-electron chi connectivity index (χ4n) is 3.14. The first-order chi connectivity index (χ1) is 9.31. The van der Waals surface area contributed by atoms with Crippen LogP contribution in [0.15, 0.2) is 48.5 Å². The van der Waals surface area contributed by atoms with Gasteiger partial charge in [0.2, 0.25) is 0 Å². The molecule has 1 aliphatic rings. The molecule has 98 valence electrons. The van der Waals surface area contributed by atoms with Crippen LogP contribution >= 0.6 is 8.58 Å². The lowest BCUT2D eigenvalue weighted by Gasteiger charge is -2.18. The minimum Gasteiger partial charge on any atom is -0.107 e. The van der Waals surface area contributed by atoms with Gasteiger partial charge in [0.1, 0.15) is 0 Å². The predicted octanol–water partition coefficient (Wildman–Crippen LogP) is 5.62. The predicted molar refractivity (Wildman–Crippen MR) is 86.4 cm³/mol. The summed E-state index contributed by atoms with van der Waals surface area (Å²) >= 11 is 0. The van der Waals surface area contributed by atoms with Gasteiger partial charge in [-0.15, -0.1) is 8.58 Å². The molecular formula is C18H21P. The van der Waals surface area contributed by atoms with Crippen LogP contribution in [0.25, 0.3) is 11.1 Å². The lowest BCUT2D eigenvalue weighted by molar-refractivity contribution is 0.779. The van der Waals surface area contributed by atoms with E-state index in [9.17, 15) is 0 Å². The summed E-state index contributed by atoms with van der Waals surface area (Å²) in [5.74, 6) is 0. The molecule has 2 atom stereocenters. The van der Waals surface area contributed by atoms with E-state index >= 15 is 0 Å². The summed E-state index contributed by atoms with van der Waals surface area (Å²) in [5, 5.41) is 0. The normalized spacial score (nSPS) is 15.7. The Morgan fingerprint density at radius 2 is 1.47 bits per heavy atom. The maximum Gasteiger partial charge on any atom is 0.0277 e. The summed E-state index contributed by atoms with van der Waals surface area (Å²) in [5.41, 5.74) is 7.47. The summed E-state index contributed by atoms with van der Waals surface area (Å²) in [7, 11) is 1.00. The van der Waals surface area contributed by atoms with Crippen LogP contribution in [0, 0.1) is 0 Å². The first kappa shape index (κ1) is 12.9. The molecule has 19 heavy (non-hydrogen) atoms. The molecule has 3 rings (SSSR count). The topological polar surface area (TPSA) is 0 Å².